The SMILES string of the molecule is COCC(N)c1nc2ccccc2n1CCO. The molecule has 0 aliphatic heterocycles. The highest BCUT2D eigenvalue weighted by atomic mass is 16.5. The van der Waals surface area contributed by atoms with Gasteiger partial charge in [-0.15, -0.1) is 0 Å². The molecule has 0 spiro atoms. The molecule has 2 rings (SSSR count). The Morgan fingerprint density at radius 2 is 2.24 bits per heavy atom. The van der Waals surface area contributed by atoms with Crippen LogP contribution in [0.1, 0.15) is 11.9 Å². The molecular weight excluding hydrogens is 218 g/mol. The van der Waals surface area contributed by atoms with E-state index in [0.29, 0.717) is 13.2 Å². The summed E-state index contributed by atoms with van der Waals surface area (Å²) in [5, 5.41) is 9.11. The normalized spacial score (nSPS) is 13.1. The van der Waals surface area contributed by atoms with E-state index in [4.69, 9.17) is 15.6 Å². The maximum Gasteiger partial charge on any atom is 0.129 e. The van der Waals surface area contributed by atoms with Gasteiger partial charge in [0.25, 0.3) is 0 Å². The number of nitrogens with two attached hydrogens (primary N) is 1. The smallest absolute Gasteiger partial charge is 0.129 e. The Kier molecular flexibility index (Phi) is 3.73. The van der Waals surface area contributed by atoms with E-state index < -0.39 is 0 Å². The predicted molar refractivity (Wildman–Crippen MR) is 65.6 cm³/mol. The van der Waals surface area contributed by atoms with Crippen LogP contribution in [0.5, 0.6) is 0 Å². The van der Waals surface area contributed by atoms with E-state index >= 15 is 0 Å². The molecule has 0 saturated heterocycles. The molecule has 2 aromatic rings. The molecule has 17 heavy (non-hydrogen) atoms. The molecule has 1 unspecified atom stereocenters. The predicted octanol–water partition coefficient (Wildman–Crippen LogP) is 0.675. The Bertz CT molecular complexity index is 495. The number of hydrogen-bond acceptors (Lipinski definition) is 4. The van der Waals surface area contributed by atoms with Crippen LogP contribution in [0, 0.1) is 0 Å². The number of aliphatic hydroxyl groups excluding tert-OH is 1. The fourth-order valence-electron chi connectivity index (χ4n) is 1.97. The Labute approximate surface area is 99.8 Å². The van der Waals surface area contributed by atoms with Crippen LogP contribution in [0.4, 0.5) is 0 Å². The summed E-state index contributed by atoms with van der Waals surface area (Å²) in [6.45, 7) is 0.967. The van der Waals surface area contributed by atoms with E-state index in [2.05, 4.69) is 4.98 Å². The molecule has 0 radical (unpaired) electrons. The zero-order valence-electron chi connectivity index (χ0n) is 9.84. The van der Waals surface area contributed by atoms with Crippen molar-refractivity contribution < 1.29 is 9.84 Å². The van der Waals surface area contributed by atoms with Gasteiger partial charge >= 0.3 is 0 Å². The van der Waals surface area contributed by atoms with Gasteiger partial charge in [-0.3, -0.25) is 0 Å². The lowest BCUT2D eigenvalue weighted by Gasteiger charge is -2.12. The zero-order valence-corrected chi connectivity index (χ0v) is 9.84. The molecule has 92 valence electrons. The number of rotatable bonds is 5. The second-order valence-electron chi connectivity index (χ2n) is 3.90. The monoisotopic (exact) mass is 235 g/mol. The first-order valence-corrected chi connectivity index (χ1v) is 5.58. The van der Waals surface area contributed by atoms with E-state index in [1.165, 1.54) is 0 Å². The van der Waals surface area contributed by atoms with Crippen molar-refractivity contribution in [1.82, 2.24) is 9.55 Å². The van der Waals surface area contributed by atoms with Crippen molar-refractivity contribution >= 4 is 11.0 Å². The van der Waals surface area contributed by atoms with E-state index in [1.807, 2.05) is 28.8 Å². The average Bonchev–Trinajstić information content (AvgIpc) is 2.70. The van der Waals surface area contributed by atoms with E-state index in [-0.39, 0.29) is 12.6 Å². The van der Waals surface area contributed by atoms with Crippen molar-refractivity contribution in [2.45, 2.75) is 12.6 Å². The van der Waals surface area contributed by atoms with Crippen molar-refractivity contribution in [3.8, 4) is 0 Å². The van der Waals surface area contributed by atoms with Gasteiger partial charge < -0.3 is 20.1 Å². The van der Waals surface area contributed by atoms with Crippen LogP contribution in [0.25, 0.3) is 11.0 Å². The van der Waals surface area contributed by atoms with E-state index in [9.17, 15) is 0 Å². The fourth-order valence-corrected chi connectivity index (χ4v) is 1.97. The number of methoxy groups -OCH3 is 1. The molecule has 1 aromatic heterocycles. The van der Waals surface area contributed by atoms with Gasteiger partial charge in [0.05, 0.1) is 30.3 Å². The first-order valence-electron chi connectivity index (χ1n) is 5.58. The third-order valence-electron chi connectivity index (χ3n) is 2.69. The molecule has 3 N–H and O–H groups in total. The van der Waals surface area contributed by atoms with Crippen LogP contribution >= 0.6 is 0 Å². The third-order valence-corrected chi connectivity index (χ3v) is 2.69. The summed E-state index contributed by atoms with van der Waals surface area (Å²) in [5.74, 6) is 0.752. The number of imidazole rings is 1. The van der Waals surface area contributed by atoms with Gasteiger partial charge in [0.1, 0.15) is 5.82 Å². The zero-order chi connectivity index (χ0) is 12.3. The number of nitrogens with zero attached hydrogens (tertiary/aromatic N) is 2. The van der Waals surface area contributed by atoms with Gasteiger partial charge in [0, 0.05) is 13.7 Å². The fraction of sp³-hybridized carbons (Fsp3) is 0.417. The number of ether oxygens (including phenoxy) is 1. The standard InChI is InChI=1S/C12H17N3O2/c1-17-8-9(13)12-14-10-4-2-3-5-11(10)15(12)6-7-16/h2-5,9,16H,6-8,13H2,1H3. The van der Waals surface area contributed by atoms with Crippen molar-refractivity contribution in [1.29, 1.82) is 0 Å². The first kappa shape index (κ1) is 12.0. The maximum atomic E-state index is 9.11. The molecule has 5 nitrogen and oxygen atoms in total. The lowest BCUT2D eigenvalue weighted by atomic mass is 10.3. The van der Waals surface area contributed by atoms with Gasteiger partial charge in [0.15, 0.2) is 0 Å². The van der Waals surface area contributed by atoms with E-state index in [0.717, 1.165) is 16.9 Å². The lowest BCUT2D eigenvalue weighted by Crippen LogP contribution is -2.21. The van der Waals surface area contributed by atoms with Crippen LogP contribution in [-0.2, 0) is 11.3 Å². The van der Waals surface area contributed by atoms with Gasteiger partial charge in [-0.2, -0.15) is 0 Å². The highest BCUT2D eigenvalue weighted by Crippen LogP contribution is 2.19. The van der Waals surface area contributed by atoms with Gasteiger partial charge in [-0.1, -0.05) is 12.1 Å². The second kappa shape index (κ2) is 5.27. The Morgan fingerprint density at radius 3 is 2.94 bits per heavy atom. The maximum absolute atomic E-state index is 9.11. The second-order valence-corrected chi connectivity index (χ2v) is 3.90. The number of aliphatic hydroxyl groups is 1. The van der Waals surface area contributed by atoms with Crippen LogP contribution < -0.4 is 5.73 Å². The Balaban J connectivity index is 2.49. The Morgan fingerprint density at radius 1 is 1.47 bits per heavy atom. The minimum atomic E-state index is -0.279. The molecule has 0 bridgehead atoms. The van der Waals surface area contributed by atoms with Crippen LogP contribution in [0.3, 0.4) is 0 Å². The number of fused-ring (bicyclic) bond motifs is 1. The molecule has 0 amide bonds. The molecule has 1 atom stereocenters. The van der Waals surface area contributed by atoms with Crippen LogP contribution in [-0.4, -0.2) is 35.0 Å². The van der Waals surface area contributed by atoms with Crippen LogP contribution in [0.15, 0.2) is 24.3 Å². The molecule has 0 saturated carbocycles. The van der Waals surface area contributed by atoms with Gasteiger partial charge in [0.2, 0.25) is 0 Å². The largest absolute Gasteiger partial charge is 0.395 e. The summed E-state index contributed by atoms with van der Waals surface area (Å²) in [6, 6.07) is 7.51. The molecule has 0 aliphatic rings. The van der Waals surface area contributed by atoms with Gasteiger partial charge in [-0.05, 0) is 12.1 Å². The molecule has 1 aromatic carbocycles. The third kappa shape index (κ3) is 2.31. The van der Waals surface area contributed by atoms with Crippen molar-refractivity contribution in [2.75, 3.05) is 20.3 Å². The quantitative estimate of drug-likeness (QED) is 0.799. The Hall–Kier alpha value is -1.43. The topological polar surface area (TPSA) is 73.3 Å². The first-order chi connectivity index (χ1) is 8.27. The minimum Gasteiger partial charge on any atom is -0.395 e. The number of aromatic nitrogens is 2. The van der Waals surface area contributed by atoms with Crippen molar-refractivity contribution in [3.05, 3.63) is 30.1 Å². The summed E-state index contributed by atoms with van der Waals surface area (Å²) in [5.41, 5.74) is 7.89. The highest BCUT2D eigenvalue weighted by molar-refractivity contribution is 5.76. The van der Waals surface area contributed by atoms with Crippen LogP contribution in [0.2, 0.25) is 0 Å². The molecule has 5 heteroatoms. The number of hydrogen-bond donors (Lipinski definition) is 2. The summed E-state index contributed by atoms with van der Waals surface area (Å²) in [6.07, 6.45) is 0. The molecular formula is C12H17N3O2. The summed E-state index contributed by atoms with van der Waals surface area (Å²) < 4.78 is 6.99. The molecule has 0 aliphatic carbocycles. The van der Waals surface area contributed by atoms with Crippen molar-refractivity contribution in [2.24, 2.45) is 5.73 Å². The van der Waals surface area contributed by atoms with Gasteiger partial charge in [-0.25, -0.2) is 4.98 Å². The molecule has 0 fully saturated rings. The summed E-state index contributed by atoms with van der Waals surface area (Å²) in [7, 11) is 1.61. The highest BCUT2D eigenvalue weighted by Gasteiger charge is 2.16. The van der Waals surface area contributed by atoms with Crippen molar-refractivity contribution in [3.63, 3.8) is 0 Å². The summed E-state index contributed by atoms with van der Waals surface area (Å²) in [4.78, 5) is 4.50. The number of para-hydroxylation sites is 2. The minimum absolute atomic E-state index is 0.0626. The molecule has 1 heterocycles. The summed E-state index contributed by atoms with van der Waals surface area (Å²) >= 11 is 0. The number of benzene rings is 1. The lowest BCUT2D eigenvalue weighted by molar-refractivity contribution is 0.176. The average molecular weight is 235 g/mol. The van der Waals surface area contributed by atoms with E-state index in [1.54, 1.807) is 7.11 Å².